The first kappa shape index (κ1) is 20.8. The summed E-state index contributed by atoms with van der Waals surface area (Å²) >= 11 is 0. The molecule has 6 heteroatoms. The average Bonchev–Trinajstić information content (AvgIpc) is 2.63. The van der Waals surface area contributed by atoms with E-state index in [1.54, 1.807) is 22.5 Å². The number of benzene rings is 2. The Morgan fingerprint density at radius 3 is 2.21 bits per heavy atom. The van der Waals surface area contributed by atoms with E-state index >= 15 is 0 Å². The molecule has 0 atom stereocenters. The molecule has 0 saturated carbocycles. The predicted octanol–water partition coefficient (Wildman–Crippen LogP) is 2.09. The summed E-state index contributed by atoms with van der Waals surface area (Å²) in [5.41, 5.74) is 3.20. The highest BCUT2D eigenvalue weighted by molar-refractivity contribution is 7.89. The Hall–Kier alpha value is -1.89. The molecule has 1 saturated heterocycles. The average molecular weight is 404 g/mol. The van der Waals surface area contributed by atoms with Gasteiger partial charge in [0.05, 0.1) is 31.1 Å². The molecule has 1 heterocycles. The Labute approximate surface area is 168 Å². The van der Waals surface area contributed by atoms with Gasteiger partial charge in [-0.05, 0) is 42.2 Å². The molecular weight excluding hydrogens is 372 g/mol. The van der Waals surface area contributed by atoms with Gasteiger partial charge in [0.1, 0.15) is 12.3 Å². The van der Waals surface area contributed by atoms with Crippen molar-refractivity contribution in [2.75, 3.05) is 26.2 Å². The van der Waals surface area contributed by atoms with Crippen molar-refractivity contribution in [3.05, 3.63) is 59.2 Å². The van der Waals surface area contributed by atoms with Gasteiger partial charge in [-0.25, -0.2) is 8.42 Å². The van der Waals surface area contributed by atoms with Crippen LogP contribution in [0.4, 0.5) is 0 Å². The number of phenols is 1. The summed E-state index contributed by atoms with van der Waals surface area (Å²) in [6, 6.07) is 12.9. The van der Waals surface area contributed by atoms with Gasteiger partial charge in [0.25, 0.3) is 0 Å². The summed E-state index contributed by atoms with van der Waals surface area (Å²) in [5.74, 6) is 0.315. The van der Waals surface area contributed by atoms with E-state index in [1.807, 2.05) is 25.1 Å². The fourth-order valence-corrected chi connectivity index (χ4v) is 4.98. The maximum Gasteiger partial charge on any atom is 0.243 e. The quantitative estimate of drug-likeness (QED) is 0.822. The molecule has 2 N–H and O–H groups in total. The molecule has 0 radical (unpaired) electrons. The van der Waals surface area contributed by atoms with Crippen LogP contribution in [-0.4, -0.2) is 44.0 Å². The molecule has 0 aromatic heterocycles. The molecule has 152 valence electrons. The second-order valence-electron chi connectivity index (χ2n) is 8.74. The molecule has 28 heavy (non-hydrogen) atoms. The number of aromatic hydroxyl groups is 1. The van der Waals surface area contributed by atoms with Gasteiger partial charge in [0.15, 0.2) is 0 Å². The maximum atomic E-state index is 12.8. The van der Waals surface area contributed by atoms with Crippen molar-refractivity contribution in [3.63, 3.8) is 0 Å². The zero-order chi connectivity index (χ0) is 20.5. The third kappa shape index (κ3) is 4.57. The Morgan fingerprint density at radius 1 is 1.04 bits per heavy atom. The molecule has 5 nitrogen and oxygen atoms in total. The number of sulfonamides is 1. The van der Waals surface area contributed by atoms with E-state index in [9.17, 15) is 13.5 Å². The number of hydrogen-bond acceptors (Lipinski definition) is 3. The fourth-order valence-electron chi connectivity index (χ4n) is 3.54. The molecule has 0 unspecified atom stereocenters. The van der Waals surface area contributed by atoms with Gasteiger partial charge in [-0.3, -0.25) is 0 Å². The van der Waals surface area contributed by atoms with Crippen molar-refractivity contribution < 1.29 is 18.4 Å². The van der Waals surface area contributed by atoms with Gasteiger partial charge in [-0.2, -0.15) is 4.31 Å². The minimum Gasteiger partial charge on any atom is -0.507 e. The van der Waals surface area contributed by atoms with Gasteiger partial charge >= 0.3 is 0 Å². The lowest BCUT2D eigenvalue weighted by molar-refractivity contribution is -0.917. The summed E-state index contributed by atoms with van der Waals surface area (Å²) in [4.78, 5) is 1.65. The van der Waals surface area contributed by atoms with E-state index in [0.717, 1.165) is 24.2 Å². The van der Waals surface area contributed by atoms with E-state index in [0.29, 0.717) is 30.3 Å². The van der Waals surface area contributed by atoms with Crippen molar-refractivity contribution >= 4 is 10.0 Å². The number of nitrogens with one attached hydrogen (secondary N) is 1. The van der Waals surface area contributed by atoms with E-state index in [4.69, 9.17) is 0 Å². The standard InChI is InChI=1S/C22H30N2O3S/c1-17-5-8-20(9-6-17)28(26,27)24-13-11-23(12-14-24)16-18-15-19(22(2,3)4)7-10-21(18)25/h5-10,15,25H,11-14,16H2,1-4H3/p+1. The van der Waals surface area contributed by atoms with Crippen molar-refractivity contribution in [1.29, 1.82) is 0 Å². The minimum atomic E-state index is -3.44. The van der Waals surface area contributed by atoms with Crippen LogP contribution in [0.15, 0.2) is 47.4 Å². The Morgan fingerprint density at radius 2 is 1.64 bits per heavy atom. The first-order valence-electron chi connectivity index (χ1n) is 9.80. The Bertz CT molecular complexity index is 923. The molecule has 0 amide bonds. The molecule has 3 rings (SSSR count). The Kier molecular flexibility index (Phi) is 5.84. The zero-order valence-corrected chi connectivity index (χ0v) is 18.0. The first-order chi connectivity index (χ1) is 13.1. The normalized spacial score (nSPS) is 17.0. The number of phenolic OH excluding ortho intramolecular Hbond substituents is 1. The molecule has 2 aromatic carbocycles. The van der Waals surface area contributed by atoms with Crippen LogP contribution < -0.4 is 4.90 Å². The number of piperazine rings is 1. The van der Waals surface area contributed by atoms with Gasteiger partial charge in [0.2, 0.25) is 10.0 Å². The molecule has 1 fully saturated rings. The van der Waals surface area contributed by atoms with Gasteiger partial charge in [-0.15, -0.1) is 0 Å². The third-order valence-corrected chi connectivity index (χ3v) is 7.39. The second kappa shape index (κ2) is 7.85. The second-order valence-corrected chi connectivity index (χ2v) is 10.7. The topological polar surface area (TPSA) is 62.0 Å². The molecule has 2 aromatic rings. The van der Waals surface area contributed by atoms with E-state index in [1.165, 1.54) is 10.5 Å². The van der Waals surface area contributed by atoms with Crippen LogP contribution in [0.25, 0.3) is 0 Å². The van der Waals surface area contributed by atoms with Gasteiger partial charge in [-0.1, -0.05) is 44.5 Å². The molecule has 0 spiro atoms. The number of nitrogens with zero attached hydrogens (tertiary/aromatic N) is 1. The van der Waals surface area contributed by atoms with Crippen LogP contribution in [0.5, 0.6) is 5.75 Å². The van der Waals surface area contributed by atoms with Crippen LogP contribution in [0.1, 0.15) is 37.5 Å². The number of rotatable bonds is 4. The van der Waals surface area contributed by atoms with Crippen LogP contribution in [0, 0.1) is 6.92 Å². The lowest BCUT2D eigenvalue weighted by atomic mass is 9.86. The summed E-state index contributed by atoms with van der Waals surface area (Å²) in [7, 11) is -3.44. The smallest absolute Gasteiger partial charge is 0.243 e. The summed E-state index contributed by atoms with van der Waals surface area (Å²) in [6.45, 7) is 11.6. The zero-order valence-electron chi connectivity index (χ0n) is 17.2. The van der Waals surface area contributed by atoms with Crippen molar-refractivity contribution in [3.8, 4) is 5.75 Å². The first-order valence-corrected chi connectivity index (χ1v) is 11.2. The highest BCUT2D eigenvalue weighted by Crippen LogP contribution is 2.27. The van der Waals surface area contributed by atoms with Gasteiger partial charge < -0.3 is 10.0 Å². The summed E-state index contributed by atoms with van der Waals surface area (Å²) < 4.78 is 27.3. The third-order valence-electron chi connectivity index (χ3n) is 5.47. The lowest BCUT2D eigenvalue weighted by Gasteiger charge is -2.32. The molecule has 1 aliphatic rings. The number of aryl methyl sites for hydroxylation is 1. The molecular formula is C22H31N2O3S+. The minimum absolute atomic E-state index is 0.0264. The maximum absolute atomic E-state index is 12.8. The summed E-state index contributed by atoms with van der Waals surface area (Å²) in [6.07, 6.45) is 0. The van der Waals surface area contributed by atoms with Crippen molar-refractivity contribution in [1.82, 2.24) is 4.31 Å². The molecule has 0 bridgehead atoms. The fraction of sp³-hybridized carbons (Fsp3) is 0.455. The van der Waals surface area contributed by atoms with E-state index < -0.39 is 10.0 Å². The molecule has 0 aliphatic carbocycles. The van der Waals surface area contributed by atoms with Crippen LogP contribution >= 0.6 is 0 Å². The summed E-state index contributed by atoms with van der Waals surface area (Å²) in [5, 5.41) is 10.3. The monoisotopic (exact) mass is 403 g/mol. The van der Waals surface area contributed by atoms with E-state index in [-0.39, 0.29) is 5.41 Å². The lowest BCUT2D eigenvalue weighted by Crippen LogP contribution is -3.13. The van der Waals surface area contributed by atoms with Crippen LogP contribution in [0.3, 0.4) is 0 Å². The Balaban J connectivity index is 1.67. The largest absolute Gasteiger partial charge is 0.507 e. The van der Waals surface area contributed by atoms with E-state index in [2.05, 4.69) is 26.8 Å². The van der Waals surface area contributed by atoms with Crippen LogP contribution in [0.2, 0.25) is 0 Å². The van der Waals surface area contributed by atoms with Crippen molar-refractivity contribution in [2.24, 2.45) is 0 Å². The highest BCUT2D eigenvalue weighted by atomic mass is 32.2. The number of quaternary nitrogens is 1. The van der Waals surface area contributed by atoms with Crippen LogP contribution in [-0.2, 0) is 22.0 Å². The van der Waals surface area contributed by atoms with Gasteiger partial charge in [0, 0.05) is 5.56 Å². The molecule has 1 aliphatic heterocycles. The number of hydrogen-bond donors (Lipinski definition) is 2. The predicted molar refractivity (Wildman–Crippen MR) is 111 cm³/mol. The SMILES string of the molecule is Cc1ccc(S(=O)(=O)N2CC[NH+](Cc3cc(C(C)(C)C)ccc3O)CC2)cc1. The highest BCUT2D eigenvalue weighted by Gasteiger charge is 2.30. The van der Waals surface area contributed by atoms with Crippen molar-refractivity contribution in [2.45, 2.75) is 44.6 Å².